The van der Waals surface area contributed by atoms with Crippen molar-refractivity contribution < 1.29 is 9.53 Å². The molecule has 1 aromatic carbocycles. The van der Waals surface area contributed by atoms with Gasteiger partial charge in [0.1, 0.15) is 5.60 Å². The van der Waals surface area contributed by atoms with E-state index in [0.717, 1.165) is 38.6 Å². The number of aromatic nitrogens is 1. The zero-order valence-corrected chi connectivity index (χ0v) is 14.0. The molecule has 2 aromatic rings. The summed E-state index contributed by atoms with van der Waals surface area (Å²) in [5.74, 6) is -0.178. The van der Waals surface area contributed by atoms with Crippen LogP contribution in [0, 0.1) is 6.92 Å². The molecule has 1 aromatic heterocycles. The maximum Gasteiger partial charge on any atom is 0.303 e. The molecule has 23 heavy (non-hydrogen) atoms. The van der Waals surface area contributed by atoms with E-state index in [1.54, 1.807) is 0 Å². The number of hydrogen-bond donors (Lipinski definition) is 0. The Balaban J connectivity index is 1.87. The highest BCUT2D eigenvalue weighted by molar-refractivity contribution is 5.67. The van der Waals surface area contributed by atoms with E-state index in [2.05, 4.69) is 54.1 Å². The Morgan fingerprint density at radius 3 is 2.57 bits per heavy atom. The van der Waals surface area contributed by atoms with Crippen LogP contribution < -0.4 is 0 Å². The minimum absolute atomic E-state index is 0.178. The Labute approximate surface area is 138 Å². The summed E-state index contributed by atoms with van der Waals surface area (Å²) in [7, 11) is 0. The van der Waals surface area contributed by atoms with Gasteiger partial charge in [0.2, 0.25) is 0 Å². The van der Waals surface area contributed by atoms with E-state index in [-0.39, 0.29) is 5.97 Å². The van der Waals surface area contributed by atoms with E-state index in [1.165, 1.54) is 23.7 Å². The topological polar surface area (TPSA) is 31.2 Å². The summed E-state index contributed by atoms with van der Waals surface area (Å²) in [6.07, 6.45) is 7.19. The van der Waals surface area contributed by atoms with E-state index in [9.17, 15) is 4.79 Å². The third kappa shape index (κ3) is 3.34. The Morgan fingerprint density at radius 1 is 1.17 bits per heavy atom. The highest BCUT2D eigenvalue weighted by atomic mass is 16.6. The third-order valence-corrected chi connectivity index (χ3v) is 4.94. The molecular formula is C20H25NO2. The van der Waals surface area contributed by atoms with E-state index < -0.39 is 5.60 Å². The summed E-state index contributed by atoms with van der Waals surface area (Å²) in [5.41, 5.74) is 3.37. The summed E-state index contributed by atoms with van der Waals surface area (Å²) < 4.78 is 8.11. The molecule has 0 amide bonds. The molecule has 3 heteroatoms. The standard InChI is InChI=1S/C20H25NO2/c1-16-8-7-14-21(16)15-11-18-9-3-4-10-19(18)20(23-17(2)22)12-5-6-13-20/h3-4,7-10,14H,5-6,11-13,15H2,1-2H3. The average Bonchev–Trinajstić information content (AvgIpc) is 3.15. The van der Waals surface area contributed by atoms with Crippen molar-refractivity contribution in [2.24, 2.45) is 0 Å². The minimum Gasteiger partial charge on any atom is -0.454 e. The van der Waals surface area contributed by atoms with Gasteiger partial charge in [-0.05, 0) is 62.3 Å². The van der Waals surface area contributed by atoms with Gasteiger partial charge in [-0.1, -0.05) is 24.3 Å². The van der Waals surface area contributed by atoms with Crippen LogP contribution in [0.4, 0.5) is 0 Å². The van der Waals surface area contributed by atoms with Gasteiger partial charge in [0.05, 0.1) is 0 Å². The van der Waals surface area contributed by atoms with Crippen LogP contribution in [0.5, 0.6) is 0 Å². The average molecular weight is 311 g/mol. The van der Waals surface area contributed by atoms with Gasteiger partial charge in [-0.2, -0.15) is 0 Å². The number of esters is 1. The van der Waals surface area contributed by atoms with Gasteiger partial charge in [0, 0.05) is 25.4 Å². The second-order valence-corrected chi connectivity index (χ2v) is 6.55. The lowest BCUT2D eigenvalue weighted by Gasteiger charge is -2.31. The van der Waals surface area contributed by atoms with Crippen molar-refractivity contribution in [3.63, 3.8) is 0 Å². The van der Waals surface area contributed by atoms with Crippen LogP contribution in [0.1, 0.15) is 49.4 Å². The van der Waals surface area contributed by atoms with Crippen molar-refractivity contribution >= 4 is 5.97 Å². The number of nitrogens with zero attached hydrogens (tertiary/aromatic N) is 1. The number of hydrogen-bond acceptors (Lipinski definition) is 2. The molecule has 1 saturated carbocycles. The third-order valence-electron chi connectivity index (χ3n) is 4.94. The first-order chi connectivity index (χ1) is 11.1. The molecule has 0 aliphatic heterocycles. The molecule has 0 spiro atoms. The quantitative estimate of drug-likeness (QED) is 0.768. The van der Waals surface area contributed by atoms with E-state index >= 15 is 0 Å². The molecule has 0 radical (unpaired) electrons. The first-order valence-electron chi connectivity index (χ1n) is 8.50. The zero-order valence-electron chi connectivity index (χ0n) is 14.0. The van der Waals surface area contributed by atoms with Crippen LogP contribution >= 0.6 is 0 Å². The monoisotopic (exact) mass is 311 g/mol. The lowest BCUT2D eigenvalue weighted by molar-refractivity contribution is -0.157. The number of benzene rings is 1. The van der Waals surface area contributed by atoms with Crippen molar-refractivity contribution in [3.8, 4) is 0 Å². The normalized spacial score (nSPS) is 16.4. The van der Waals surface area contributed by atoms with Crippen molar-refractivity contribution in [1.29, 1.82) is 0 Å². The molecule has 1 heterocycles. The largest absolute Gasteiger partial charge is 0.454 e. The number of rotatable bonds is 5. The van der Waals surface area contributed by atoms with Gasteiger partial charge in [0.15, 0.2) is 0 Å². The minimum atomic E-state index is -0.409. The smallest absolute Gasteiger partial charge is 0.303 e. The molecule has 1 fully saturated rings. The molecule has 0 bridgehead atoms. The Bertz CT molecular complexity index is 680. The molecular weight excluding hydrogens is 286 g/mol. The Hall–Kier alpha value is -2.03. The Kier molecular flexibility index (Phi) is 4.56. The van der Waals surface area contributed by atoms with Gasteiger partial charge in [-0.15, -0.1) is 0 Å². The van der Waals surface area contributed by atoms with Crippen LogP contribution in [-0.2, 0) is 28.1 Å². The van der Waals surface area contributed by atoms with Crippen LogP contribution in [-0.4, -0.2) is 10.5 Å². The van der Waals surface area contributed by atoms with Gasteiger partial charge in [-0.3, -0.25) is 4.79 Å². The first-order valence-corrected chi connectivity index (χ1v) is 8.50. The lowest BCUT2D eigenvalue weighted by Crippen LogP contribution is -2.30. The van der Waals surface area contributed by atoms with Crippen molar-refractivity contribution in [2.45, 2.75) is 58.1 Å². The predicted octanol–water partition coefficient (Wildman–Crippen LogP) is 4.37. The van der Waals surface area contributed by atoms with Gasteiger partial charge in [0.25, 0.3) is 0 Å². The molecule has 0 unspecified atom stereocenters. The fourth-order valence-corrected chi connectivity index (χ4v) is 3.82. The first kappa shape index (κ1) is 15.9. The molecule has 1 aliphatic carbocycles. The molecule has 0 atom stereocenters. The second-order valence-electron chi connectivity index (χ2n) is 6.55. The fraction of sp³-hybridized carbons (Fsp3) is 0.450. The van der Waals surface area contributed by atoms with Crippen molar-refractivity contribution in [1.82, 2.24) is 4.57 Å². The maximum absolute atomic E-state index is 11.7. The zero-order chi connectivity index (χ0) is 16.3. The van der Waals surface area contributed by atoms with Gasteiger partial charge in [-0.25, -0.2) is 0 Å². The SMILES string of the molecule is CC(=O)OC1(c2ccccc2CCn2cccc2C)CCCC1. The molecule has 3 nitrogen and oxygen atoms in total. The maximum atomic E-state index is 11.7. The second kappa shape index (κ2) is 6.61. The number of ether oxygens (including phenoxy) is 1. The predicted molar refractivity (Wildman–Crippen MR) is 91.2 cm³/mol. The summed E-state index contributed by atoms with van der Waals surface area (Å²) in [5, 5.41) is 0. The van der Waals surface area contributed by atoms with Crippen molar-refractivity contribution in [3.05, 3.63) is 59.4 Å². The van der Waals surface area contributed by atoms with E-state index in [1.807, 2.05) is 0 Å². The van der Waals surface area contributed by atoms with Crippen LogP contribution in [0.25, 0.3) is 0 Å². The highest BCUT2D eigenvalue weighted by Gasteiger charge is 2.40. The number of carbonyl (C=O) groups excluding carboxylic acids is 1. The highest BCUT2D eigenvalue weighted by Crippen LogP contribution is 2.43. The summed E-state index contributed by atoms with van der Waals surface area (Å²) in [4.78, 5) is 11.7. The van der Waals surface area contributed by atoms with Crippen LogP contribution in [0.3, 0.4) is 0 Å². The van der Waals surface area contributed by atoms with Gasteiger partial charge < -0.3 is 9.30 Å². The molecule has 0 N–H and O–H groups in total. The molecule has 3 rings (SSSR count). The van der Waals surface area contributed by atoms with E-state index in [4.69, 9.17) is 4.74 Å². The summed E-state index contributed by atoms with van der Waals surface area (Å²) in [6.45, 7) is 4.60. The number of aryl methyl sites for hydroxylation is 3. The van der Waals surface area contributed by atoms with Crippen molar-refractivity contribution in [2.75, 3.05) is 0 Å². The molecule has 1 aliphatic rings. The Morgan fingerprint density at radius 2 is 1.91 bits per heavy atom. The summed E-state index contributed by atoms with van der Waals surface area (Å²) in [6, 6.07) is 12.7. The van der Waals surface area contributed by atoms with Crippen LogP contribution in [0.2, 0.25) is 0 Å². The fourth-order valence-electron chi connectivity index (χ4n) is 3.82. The molecule has 0 saturated heterocycles. The number of carbonyl (C=O) groups is 1. The summed E-state index contributed by atoms with van der Waals surface area (Å²) >= 11 is 0. The lowest BCUT2D eigenvalue weighted by atomic mass is 9.87. The van der Waals surface area contributed by atoms with Crippen LogP contribution in [0.15, 0.2) is 42.6 Å². The van der Waals surface area contributed by atoms with E-state index in [0.29, 0.717) is 0 Å². The molecule has 122 valence electrons. The van der Waals surface area contributed by atoms with Gasteiger partial charge >= 0.3 is 5.97 Å².